The Kier molecular flexibility index (Phi) is 6.91. The first-order valence-electron chi connectivity index (χ1n) is 10.8. The molecule has 0 saturated carbocycles. The van der Waals surface area contributed by atoms with Crippen LogP contribution >= 0.6 is 23.3 Å². The second-order valence-electron chi connectivity index (χ2n) is 8.75. The lowest BCUT2D eigenvalue weighted by Crippen LogP contribution is -2.79. The van der Waals surface area contributed by atoms with Gasteiger partial charge in [-0.15, -0.1) is 11.8 Å². The van der Waals surface area contributed by atoms with E-state index in [-0.39, 0.29) is 16.7 Å². The molecule has 4 rings (SSSR count). The molecule has 17 heteroatoms. The van der Waals surface area contributed by atoms with Crippen LogP contribution in [0.3, 0.4) is 0 Å². The Morgan fingerprint density at radius 2 is 2.06 bits per heavy atom. The first kappa shape index (κ1) is 25.8. The van der Waals surface area contributed by atoms with E-state index < -0.39 is 47.0 Å². The van der Waals surface area contributed by atoms with Crippen molar-refractivity contribution in [3.63, 3.8) is 0 Å². The molecule has 0 bridgehead atoms. The Balaban J connectivity index is 1.60. The van der Waals surface area contributed by atoms with Gasteiger partial charge in [0.1, 0.15) is 10.9 Å². The maximum atomic E-state index is 13.4. The van der Waals surface area contributed by atoms with Crippen molar-refractivity contribution in [3.05, 3.63) is 17.2 Å². The number of nitrogens with two attached hydrogens (primary N) is 1. The van der Waals surface area contributed by atoms with Crippen LogP contribution in [0.2, 0.25) is 0 Å². The van der Waals surface area contributed by atoms with Crippen LogP contribution in [0.15, 0.2) is 16.5 Å². The van der Waals surface area contributed by atoms with Gasteiger partial charge in [0.25, 0.3) is 11.8 Å². The minimum absolute atomic E-state index is 0.0389. The summed E-state index contributed by atoms with van der Waals surface area (Å²) in [5.74, 6) is -3.85. The van der Waals surface area contributed by atoms with Crippen LogP contribution in [-0.2, 0) is 24.0 Å². The van der Waals surface area contributed by atoms with Crippen molar-refractivity contribution in [2.24, 2.45) is 5.16 Å². The number of carbonyl (C=O) groups excluding carboxylic acids is 2. The first-order chi connectivity index (χ1) is 17.0. The zero-order chi connectivity index (χ0) is 26.3. The molecule has 1 aromatic heterocycles. The van der Waals surface area contributed by atoms with Crippen LogP contribution < -0.4 is 16.4 Å². The van der Waals surface area contributed by atoms with Crippen LogP contribution in [-0.4, -0.2) is 115 Å². The molecule has 1 aromatic rings. The minimum Gasteiger partial charge on any atom is -0.479 e. The van der Waals surface area contributed by atoms with Gasteiger partial charge in [-0.3, -0.25) is 19.0 Å². The Hall–Kier alpha value is -3.28. The largest absolute Gasteiger partial charge is 0.479 e. The van der Waals surface area contributed by atoms with Crippen LogP contribution in [0.5, 0.6) is 0 Å². The number of anilines is 1. The van der Waals surface area contributed by atoms with E-state index >= 15 is 0 Å². The van der Waals surface area contributed by atoms with Gasteiger partial charge in [-0.2, -0.15) is 9.36 Å². The highest BCUT2D eigenvalue weighted by molar-refractivity contribution is 8.00. The fourth-order valence-corrected chi connectivity index (χ4v) is 6.40. The highest BCUT2D eigenvalue weighted by Gasteiger charge is 2.64. The normalized spacial score (nSPS) is 25.6. The van der Waals surface area contributed by atoms with Gasteiger partial charge in [-0.25, -0.2) is 9.59 Å². The summed E-state index contributed by atoms with van der Waals surface area (Å²) < 4.78 is 4.32. The number of hydrogen-bond acceptors (Lipinski definition) is 12. The number of carbonyl (C=O) groups is 4. The number of carboxylic acids is 2. The number of β-lactam (4-membered cyclic amide) rings is 1. The van der Waals surface area contributed by atoms with Crippen molar-refractivity contribution in [2.45, 2.75) is 17.8 Å². The maximum Gasteiger partial charge on any atom is 0.358 e. The summed E-state index contributed by atoms with van der Waals surface area (Å²) >= 11 is 2.15. The number of nitrogens with zero attached hydrogens (tertiary/aromatic N) is 5. The van der Waals surface area contributed by atoms with E-state index in [2.05, 4.69) is 25.1 Å². The molecule has 2 amide bonds. The number of nitrogens with one attached hydrogen (secondary N) is 2. The maximum absolute atomic E-state index is 13.4. The van der Waals surface area contributed by atoms with Crippen molar-refractivity contribution in [3.8, 4) is 0 Å². The fourth-order valence-electron chi connectivity index (χ4n) is 4.35. The number of likely N-dealkylation sites (N-methyl/N-ethyl adjacent to an activating group) is 1. The second kappa shape index (κ2) is 9.64. The quantitative estimate of drug-likeness (QED) is 0.105. The molecule has 2 fully saturated rings. The zero-order valence-corrected chi connectivity index (χ0v) is 21.0. The van der Waals surface area contributed by atoms with Crippen molar-refractivity contribution in [1.82, 2.24) is 24.9 Å². The van der Waals surface area contributed by atoms with Crippen molar-refractivity contribution in [1.29, 1.82) is 0 Å². The molecule has 4 heterocycles. The number of carboxylic acid groups (broad SMARTS) is 2. The van der Waals surface area contributed by atoms with Crippen molar-refractivity contribution >= 4 is 57.9 Å². The molecule has 36 heavy (non-hydrogen) atoms. The zero-order valence-electron chi connectivity index (χ0n) is 19.4. The molecular weight excluding hydrogens is 516 g/mol. The van der Waals surface area contributed by atoms with Gasteiger partial charge in [-0.05, 0) is 6.92 Å². The van der Waals surface area contributed by atoms with Gasteiger partial charge in [0.15, 0.2) is 16.5 Å². The minimum atomic E-state index is -1.47. The predicted octanol–water partition coefficient (Wildman–Crippen LogP) is -1.94. The Morgan fingerprint density at radius 3 is 2.64 bits per heavy atom. The molecule has 15 nitrogen and oxygen atoms in total. The van der Waals surface area contributed by atoms with Crippen molar-refractivity contribution < 1.29 is 38.7 Å². The highest BCUT2D eigenvalue weighted by Crippen LogP contribution is 2.47. The lowest BCUT2D eigenvalue weighted by atomic mass is 9.88. The van der Waals surface area contributed by atoms with E-state index in [0.29, 0.717) is 29.0 Å². The molecule has 194 valence electrons. The van der Waals surface area contributed by atoms with Crippen LogP contribution in [0.25, 0.3) is 0 Å². The smallest absolute Gasteiger partial charge is 0.358 e. The third-order valence-corrected chi connectivity index (χ3v) is 8.27. The van der Waals surface area contributed by atoms with Gasteiger partial charge < -0.3 is 31.4 Å². The molecule has 6 N–H and O–H groups in total. The van der Waals surface area contributed by atoms with E-state index in [1.807, 2.05) is 7.05 Å². The van der Waals surface area contributed by atoms with E-state index in [9.17, 15) is 24.3 Å². The van der Waals surface area contributed by atoms with E-state index in [1.54, 1.807) is 0 Å². The summed E-state index contributed by atoms with van der Waals surface area (Å²) in [6.07, 6.45) is 0. The third kappa shape index (κ3) is 4.49. The van der Waals surface area contributed by atoms with Crippen molar-refractivity contribution in [2.75, 3.05) is 51.3 Å². The number of thioether (sulfide) groups is 1. The third-order valence-electron chi connectivity index (χ3n) is 6.29. The fraction of sp³-hybridized carbons (Fsp3) is 0.526. The Bertz CT molecular complexity index is 1180. The number of hydrogen-bond donors (Lipinski definition) is 5. The number of rotatable bonds is 8. The highest BCUT2D eigenvalue weighted by atomic mass is 32.2. The van der Waals surface area contributed by atoms with E-state index in [0.717, 1.165) is 24.6 Å². The number of amides is 2. The average molecular weight is 542 g/mol. The summed E-state index contributed by atoms with van der Waals surface area (Å²) in [6.45, 7) is 3.50. The monoisotopic (exact) mass is 541 g/mol. The summed E-state index contributed by atoms with van der Waals surface area (Å²) in [7, 11) is 1.96. The molecule has 0 radical (unpaired) electrons. The van der Waals surface area contributed by atoms with Gasteiger partial charge >= 0.3 is 11.9 Å². The number of nitrogen functional groups attached to an aromatic ring is 1. The molecule has 3 aliphatic rings. The van der Waals surface area contributed by atoms with Crippen LogP contribution in [0.4, 0.5) is 5.13 Å². The van der Waals surface area contributed by atoms with Gasteiger partial charge in [0, 0.05) is 24.6 Å². The number of aliphatic carboxylic acids is 2. The van der Waals surface area contributed by atoms with E-state index in [1.165, 1.54) is 23.6 Å². The Morgan fingerprint density at radius 1 is 1.36 bits per heavy atom. The molecule has 0 unspecified atom stereocenters. The summed E-state index contributed by atoms with van der Waals surface area (Å²) in [5.41, 5.74) is 4.24. The first-order valence-corrected chi connectivity index (χ1v) is 12.6. The number of piperazine rings is 1. The average Bonchev–Trinajstić information content (AvgIpc) is 3.26. The number of oxime groups is 1. The van der Waals surface area contributed by atoms with Gasteiger partial charge in [-0.1, -0.05) is 5.16 Å². The van der Waals surface area contributed by atoms with Gasteiger partial charge in [0.05, 0.1) is 25.9 Å². The molecular formula is C19H25N8O7S2+. The lowest BCUT2D eigenvalue weighted by molar-refractivity contribution is -0.874. The summed E-state index contributed by atoms with van der Waals surface area (Å²) in [5, 5.41) is 27.6. The molecule has 0 aliphatic carbocycles. The molecule has 0 spiro atoms. The second-order valence-corrected chi connectivity index (χ2v) is 10.6. The summed E-state index contributed by atoms with van der Waals surface area (Å²) in [4.78, 5) is 59.4. The lowest BCUT2D eigenvalue weighted by Gasteiger charge is -2.56. The Labute approximate surface area is 213 Å². The predicted molar refractivity (Wildman–Crippen MR) is 128 cm³/mol. The molecule has 2 atom stereocenters. The van der Waals surface area contributed by atoms with Crippen LogP contribution in [0.1, 0.15) is 12.7 Å². The molecule has 3 aliphatic heterocycles. The standard InChI is InChI=1S/C19H24N8O7S2/c1-19(23-14(30)11(24-34-7-10(28)29)13-22-18(20)36-25-13)16(33)26-12(15(31)32)9(8-35-17(19)26)27(2)5-3-21-4-6-27/h17,21H,3-8H2,1-2H3,(H4-,20,22,23,25,28,29,30,31,32)/p+1/t17-,19+/m0/s1. The SMILES string of the molecule is C[C@@]1(NC(=O)C(=NOCC(=O)O)c2nsc(N)n2)C(=O)N2C(C(=O)O)=C([N+]3(C)CCNCC3)CS[C@H]21. The topological polar surface area (TPSA) is 209 Å². The number of aromatic nitrogens is 2. The van der Waals surface area contributed by atoms with Gasteiger partial charge in [0.2, 0.25) is 18.1 Å². The molecule has 2 saturated heterocycles. The van der Waals surface area contributed by atoms with E-state index in [4.69, 9.17) is 15.7 Å². The van der Waals surface area contributed by atoms with Crippen LogP contribution in [0, 0.1) is 0 Å². The number of quaternary nitrogens is 1. The number of fused-ring (bicyclic) bond motifs is 1. The summed E-state index contributed by atoms with van der Waals surface area (Å²) in [6, 6.07) is 0. The molecule has 0 aromatic carbocycles.